The molecule has 0 aliphatic carbocycles. The van der Waals surface area contributed by atoms with Crippen LogP contribution < -0.4 is 5.32 Å². The summed E-state index contributed by atoms with van der Waals surface area (Å²) in [6.07, 6.45) is 1.11. The standard InChI is InChI=1S/C13H19Cl2NS/c1-4-16-9(2)7-10(3)17-13-8-11(14)5-6-12(13)15/h5-6,8-10,16H,4,7H2,1-3H3. The van der Waals surface area contributed by atoms with Crippen molar-refractivity contribution in [2.24, 2.45) is 0 Å². The van der Waals surface area contributed by atoms with Gasteiger partial charge in [0.05, 0.1) is 5.02 Å². The lowest BCUT2D eigenvalue weighted by atomic mass is 10.2. The van der Waals surface area contributed by atoms with Crippen LogP contribution in [0, 0.1) is 0 Å². The van der Waals surface area contributed by atoms with E-state index in [2.05, 4.69) is 26.1 Å². The number of thioether (sulfide) groups is 1. The van der Waals surface area contributed by atoms with E-state index in [1.54, 1.807) is 11.8 Å². The largest absolute Gasteiger partial charge is 0.314 e. The smallest absolute Gasteiger partial charge is 0.0542 e. The summed E-state index contributed by atoms with van der Waals surface area (Å²) in [7, 11) is 0. The van der Waals surface area contributed by atoms with Gasteiger partial charge < -0.3 is 5.32 Å². The lowest BCUT2D eigenvalue weighted by Crippen LogP contribution is -2.28. The van der Waals surface area contributed by atoms with E-state index in [0.29, 0.717) is 11.3 Å². The molecule has 1 aromatic carbocycles. The monoisotopic (exact) mass is 291 g/mol. The third-order valence-corrected chi connectivity index (χ3v) is 4.32. The van der Waals surface area contributed by atoms with Crippen molar-refractivity contribution in [1.82, 2.24) is 5.32 Å². The highest BCUT2D eigenvalue weighted by molar-refractivity contribution is 8.00. The molecule has 96 valence electrons. The Bertz CT molecular complexity index is 357. The van der Waals surface area contributed by atoms with Gasteiger partial charge >= 0.3 is 0 Å². The Hall–Kier alpha value is 0.110. The minimum atomic E-state index is 0.514. The first kappa shape index (κ1) is 15.2. The van der Waals surface area contributed by atoms with E-state index < -0.39 is 0 Å². The van der Waals surface area contributed by atoms with E-state index in [9.17, 15) is 0 Å². The summed E-state index contributed by atoms with van der Waals surface area (Å²) in [5.74, 6) is 0. The van der Waals surface area contributed by atoms with Crippen LogP contribution in [0.4, 0.5) is 0 Å². The molecule has 0 amide bonds. The second kappa shape index (κ2) is 7.52. The van der Waals surface area contributed by atoms with Crippen LogP contribution in [0.15, 0.2) is 23.1 Å². The average molecular weight is 292 g/mol. The van der Waals surface area contributed by atoms with E-state index in [1.165, 1.54) is 0 Å². The predicted molar refractivity (Wildman–Crippen MR) is 79.5 cm³/mol. The van der Waals surface area contributed by atoms with Crippen molar-refractivity contribution in [1.29, 1.82) is 0 Å². The molecule has 0 bridgehead atoms. The molecule has 2 atom stereocenters. The van der Waals surface area contributed by atoms with Gasteiger partial charge in [-0.3, -0.25) is 0 Å². The van der Waals surface area contributed by atoms with Gasteiger partial charge in [0.25, 0.3) is 0 Å². The highest BCUT2D eigenvalue weighted by Gasteiger charge is 2.11. The molecule has 4 heteroatoms. The van der Waals surface area contributed by atoms with Gasteiger partial charge in [0.2, 0.25) is 0 Å². The summed E-state index contributed by atoms with van der Waals surface area (Å²) < 4.78 is 0. The van der Waals surface area contributed by atoms with Crippen LogP contribution in [-0.2, 0) is 0 Å². The van der Waals surface area contributed by atoms with Crippen LogP contribution >= 0.6 is 35.0 Å². The summed E-state index contributed by atoms with van der Waals surface area (Å²) in [5, 5.41) is 5.45. The summed E-state index contributed by atoms with van der Waals surface area (Å²) in [5.41, 5.74) is 0. The quantitative estimate of drug-likeness (QED) is 0.751. The number of hydrogen-bond donors (Lipinski definition) is 1. The Labute approximate surface area is 118 Å². The van der Waals surface area contributed by atoms with Crippen molar-refractivity contribution >= 4 is 35.0 Å². The van der Waals surface area contributed by atoms with Crippen LogP contribution in [0.1, 0.15) is 27.2 Å². The molecule has 1 N–H and O–H groups in total. The van der Waals surface area contributed by atoms with Gasteiger partial charge in [-0.25, -0.2) is 0 Å². The SMILES string of the molecule is CCNC(C)CC(C)Sc1cc(Cl)ccc1Cl. The van der Waals surface area contributed by atoms with Crippen molar-refractivity contribution in [3.05, 3.63) is 28.2 Å². The van der Waals surface area contributed by atoms with Crippen molar-refractivity contribution in [2.75, 3.05) is 6.54 Å². The summed E-state index contributed by atoms with van der Waals surface area (Å²) in [6, 6.07) is 6.13. The summed E-state index contributed by atoms with van der Waals surface area (Å²) >= 11 is 13.9. The molecule has 2 unspecified atom stereocenters. The zero-order chi connectivity index (χ0) is 12.8. The van der Waals surface area contributed by atoms with Crippen LogP contribution in [-0.4, -0.2) is 17.8 Å². The maximum atomic E-state index is 6.14. The minimum absolute atomic E-state index is 0.514. The molecule has 1 rings (SSSR count). The lowest BCUT2D eigenvalue weighted by Gasteiger charge is -2.18. The van der Waals surface area contributed by atoms with Gasteiger partial charge in [-0.1, -0.05) is 37.0 Å². The topological polar surface area (TPSA) is 12.0 Å². The Morgan fingerprint density at radius 1 is 1.29 bits per heavy atom. The first-order valence-corrected chi connectivity index (χ1v) is 7.51. The summed E-state index contributed by atoms with van der Waals surface area (Å²) in [6.45, 7) is 7.56. The highest BCUT2D eigenvalue weighted by Crippen LogP contribution is 2.33. The van der Waals surface area contributed by atoms with Gasteiger partial charge in [-0.15, -0.1) is 11.8 Å². The molecule has 0 aromatic heterocycles. The van der Waals surface area contributed by atoms with E-state index in [4.69, 9.17) is 23.2 Å². The van der Waals surface area contributed by atoms with Gasteiger partial charge in [0, 0.05) is 21.2 Å². The summed E-state index contributed by atoms with van der Waals surface area (Å²) in [4.78, 5) is 1.07. The Morgan fingerprint density at radius 2 is 2.00 bits per heavy atom. The molecule has 17 heavy (non-hydrogen) atoms. The van der Waals surface area contributed by atoms with Gasteiger partial charge in [0.1, 0.15) is 0 Å². The van der Waals surface area contributed by atoms with Crippen LogP contribution in [0.3, 0.4) is 0 Å². The van der Waals surface area contributed by atoms with Crippen molar-refractivity contribution in [3.63, 3.8) is 0 Å². The van der Waals surface area contributed by atoms with Gasteiger partial charge in [-0.05, 0) is 38.1 Å². The van der Waals surface area contributed by atoms with E-state index in [0.717, 1.165) is 27.9 Å². The zero-order valence-corrected chi connectivity index (χ0v) is 12.8. The molecule has 0 heterocycles. The number of hydrogen-bond acceptors (Lipinski definition) is 2. The molecule has 0 saturated heterocycles. The predicted octanol–water partition coefficient (Wildman–Crippen LogP) is 4.86. The normalized spacial score (nSPS) is 14.6. The second-order valence-electron chi connectivity index (χ2n) is 4.20. The molecule has 0 saturated carbocycles. The van der Waals surface area contributed by atoms with Crippen LogP contribution in [0.2, 0.25) is 10.0 Å². The molecular weight excluding hydrogens is 273 g/mol. The van der Waals surface area contributed by atoms with E-state index in [1.807, 2.05) is 18.2 Å². The third-order valence-electron chi connectivity index (χ3n) is 2.46. The minimum Gasteiger partial charge on any atom is -0.314 e. The number of benzene rings is 1. The third kappa shape index (κ3) is 5.52. The van der Waals surface area contributed by atoms with E-state index >= 15 is 0 Å². The Balaban J connectivity index is 2.55. The molecule has 1 aromatic rings. The molecule has 0 aliphatic rings. The van der Waals surface area contributed by atoms with Crippen LogP contribution in [0.5, 0.6) is 0 Å². The number of nitrogens with one attached hydrogen (secondary N) is 1. The fraction of sp³-hybridized carbons (Fsp3) is 0.538. The second-order valence-corrected chi connectivity index (χ2v) is 6.52. The van der Waals surface area contributed by atoms with Crippen molar-refractivity contribution in [2.45, 2.75) is 43.4 Å². The molecule has 0 spiro atoms. The molecule has 1 nitrogen and oxygen atoms in total. The maximum Gasteiger partial charge on any atom is 0.0542 e. The molecule has 0 radical (unpaired) electrons. The maximum absolute atomic E-state index is 6.14. The van der Waals surface area contributed by atoms with Gasteiger partial charge in [-0.2, -0.15) is 0 Å². The highest BCUT2D eigenvalue weighted by atomic mass is 35.5. The first-order chi connectivity index (χ1) is 8.02. The van der Waals surface area contributed by atoms with Crippen molar-refractivity contribution < 1.29 is 0 Å². The Morgan fingerprint density at radius 3 is 2.65 bits per heavy atom. The van der Waals surface area contributed by atoms with Gasteiger partial charge in [0.15, 0.2) is 0 Å². The average Bonchev–Trinajstić information content (AvgIpc) is 2.23. The number of rotatable bonds is 6. The fourth-order valence-electron chi connectivity index (χ4n) is 1.76. The zero-order valence-electron chi connectivity index (χ0n) is 10.5. The fourth-order valence-corrected chi connectivity index (χ4v) is 3.44. The van der Waals surface area contributed by atoms with E-state index in [-0.39, 0.29) is 0 Å². The van der Waals surface area contributed by atoms with Crippen molar-refractivity contribution in [3.8, 4) is 0 Å². The number of halogens is 2. The molecule has 0 aliphatic heterocycles. The first-order valence-electron chi connectivity index (χ1n) is 5.88. The van der Waals surface area contributed by atoms with Crippen LogP contribution in [0.25, 0.3) is 0 Å². The molecular formula is C13H19Cl2NS. The Kier molecular flexibility index (Phi) is 6.71. The molecule has 0 fully saturated rings. The lowest BCUT2D eigenvalue weighted by molar-refractivity contribution is 0.530.